The van der Waals surface area contributed by atoms with Crippen LogP contribution >= 0.6 is 23.1 Å². The summed E-state index contributed by atoms with van der Waals surface area (Å²) in [6, 6.07) is 11.3. The van der Waals surface area contributed by atoms with E-state index in [0.717, 1.165) is 6.54 Å². The molecule has 1 aliphatic heterocycles. The van der Waals surface area contributed by atoms with E-state index in [9.17, 15) is 0 Å². The zero-order valence-electron chi connectivity index (χ0n) is 17.5. The molecule has 1 aromatic carbocycles. The average molecular weight is 425 g/mol. The minimum atomic E-state index is 1.11. The fourth-order valence-corrected chi connectivity index (χ4v) is 5.88. The van der Waals surface area contributed by atoms with E-state index in [4.69, 9.17) is 0 Å². The largest absolute Gasteiger partial charge is 0.361 e. The van der Waals surface area contributed by atoms with Gasteiger partial charge in [-0.15, -0.1) is 23.1 Å². The van der Waals surface area contributed by atoms with Crippen LogP contribution in [0.3, 0.4) is 0 Å². The maximum Gasteiger partial charge on any atom is 0.0468 e. The molecule has 0 aliphatic carbocycles. The van der Waals surface area contributed by atoms with Crippen molar-refractivity contribution in [1.82, 2.24) is 9.88 Å². The summed E-state index contributed by atoms with van der Waals surface area (Å²) in [4.78, 5) is 8.94. The average Bonchev–Trinajstić information content (AvgIpc) is 3.42. The molecule has 154 valence electrons. The Balaban J connectivity index is 1.22. The minimum Gasteiger partial charge on any atom is -0.361 e. The second-order valence-electron chi connectivity index (χ2n) is 7.94. The number of nitrogens with one attached hydrogen (secondary N) is 1. The Morgan fingerprint density at radius 1 is 1.17 bits per heavy atom. The standard InChI is InChI=1S/C25H32N2S2/c1-2-3-16-28-22-9-10-23-21(19-26-24(23)18-22)7-4-5-13-27-14-11-20(12-15-27)25-8-6-17-29-25/h6,8-11,17-19,26H,2-5,7,12-16H2,1H3. The third-order valence-corrected chi connectivity index (χ3v) is 7.83. The molecule has 0 saturated carbocycles. The lowest BCUT2D eigenvalue weighted by Crippen LogP contribution is -2.29. The highest BCUT2D eigenvalue weighted by molar-refractivity contribution is 7.99. The van der Waals surface area contributed by atoms with Gasteiger partial charge in [-0.05, 0) is 79.1 Å². The maximum atomic E-state index is 3.50. The summed E-state index contributed by atoms with van der Waals surface area (Å²) < 4.78 is 0. The van der Waals surface area contributed by atoms with Gasteiger partial charge in [0.15, 0.2) is 0 Å². The summed E-state index contributed by atoms with van der Waals surface area (Å²) in [5.74, 6) is 1.22. The van der Waals surface area contributed by atoms with Gasteiger partial charge in [-0.3, -0.25) is 4.90 Å². The van der Waals surface area contributed by atoms with Crippen molar-refractivity contribution in [3.63, 3.8) is 0 Å². The lowest BCUT2D eigenvalue weighted by atomic mass is 10.0. The Morgan fingerprint density at radius 3 is 2.93 bits per heavy atom. The zero-order valence-corrected chi connectivity index (χ0v) is 19.1. The molecular formula is C25H32N2S2. The number of benzene rings is 1. The molecule has 1 N–H and O–H groups in total. The smallest absolute Gasteiger partial charge is 0.0468 e. The van der Waals surface area contributed by atoms with Gasteiger partial charge in [0.05, 0.1) is 0 Å². The van der Waals surface area contributed by atoms with Gasteiger partial charge >= 0.3 is 0 Å². The monoisotopic (exact) mass is 424 g/mol. The number of nitrogens with zero attached hydrogens (tertiary/aromatic N) is 1. The second kappa shape index (κ2) is 10.5. The number of aromatic amines is 1. The molecule has 3 aromatic rings. The highest BCUT2D eigenvalue weighted by atomic mass is 32.2. The lowest BCUT2D eigenvalue weighted by Gasteiger charge is -2.25. The summed E-state index contributed by atoms with van der Waals surface area (Å²) in [5, 5.41) is 3.59. The molecule has 0 unspecified atom stereocenters. The van der Waals surface area contributed by atoms with Crippen molar-refractivity contribution in [3.8, 4) is 0 Å². The van der Waals surface area contributed by atoms with Crippen molar-refractivity contribution < 1.29 is 0 Å². The highest BCUT2D eigenvalue weighted by Gasteiger charge is 2.13. The molecule has 0 spiro atoms. The van der Waals surface area contributed by atoms with Crippen molar-refractivity contribution >= 4 is 39.6 Å². The number of thiophene rings is 1. The van der Waals surface area contributed by atoms with E-state index >= 15 is 0 Å². The minimum absolute atomic E-state index is 1.11. The molecule has 0 radical (unpaired) electrons. The van der Waals surface area contributed by atoms with Crippen molar-refractivity contribution in [2.75, 3.05) is 25.4 Å². The van der Waals surface area contributed by atoms with Gasteiger partial charge in [-0.25, -0.2) is 0 Å². The Hall–Kier alpha value is -1.49. The first-order chi connectivity index (χ1) is 14.3. The van der Waals surface area contributed by atoms with E-state index in [-0.39, 0.29) is 0 Å². The number of H-pyrrole nitrogens is 1. The number of hydrogen-bond acceptors (Lipinski definition) is 3. The van der Waals surface area contributed by atoms with Crippen LogP contribution in [0.4, 0.5) is 0 Å². The molecule has 0 amide bonds. The molecule has 0 bridgehead atoms. The molecule has 0 saturated heterocycles. The topological polar surface area (TPSA) is 19.0 Å². The van der Waals surface area contributed by atoms with Crippen LogP contribution in [0, 0.1) is 0 Å². The van der Waals surface area contributed by atoms with Crippen LogP contribution in [0.15, 0.2) is 52.9 Å². The van der Waals surface area contributed by atoms with Gasteiger partial charge in [0.1, 0.15) is 0 Å². The fraction of sp³-hybridized carbons (Fsp3) is 0.440. The quantitative estimate of drug-likeness (QED) is 0.273. The van der Waals surface area contributed by atoms with Crippen LogP contribution in [-0.2, 0) is 6.42 Å². The number of fused-ring (bicyclic) bond motifs is 1. The van der Waals surface area contributed by atoms with E-state index in [1.54, 1.807) is 5.57 Å². The number of rotatable bonds is 10. The summed E-state index contributed by atoms with van der Waals surface area (Å²) in [7, 11) is 0. The van der Waals surface area contributed by atoms with Gasteiger partial charge in [0.25, 0.3) is 0 Å². The molecule has 4 rings (SSSR count). The summed E-state index contributed by atoms with van der Waals surface area (Å²) in [6.45, 7) is 5.79. The number of hydrogen-bond donors (Lipinski definition) is 1. The van der Waals surface area contributed by atoms with Crippen LogP contribution in [0.5, 0.6) is 0 Å². The van der Waals surface area contributed by atoms with Crippen LogP contribution in [0.1, 0.15) is 49.5 Å². The van der Waals surface area contributed by atoms with E-state index in [1.165, 1.54) is 83.6 Å². The first kappa shape index (κ1) is 20.8. The molecule has 1 aliphatic rings. The zero-order chi connectivity index (χ0) is 19.9. The summed E-state index contributed by atoms with van der Waals surface area (Å²) in [5.41, 5.74) is 4.31. The van der Waals surface area contributed by atoms with Crippen LogP contribution in [-0.4, -0.2) is 35.3 Å². The molecule has 29 heavy (non-hydrogen) atoms. The van der Waals surface area contributed by atoms with Crippen molar-refractivity contribution in [3.05, 3.63) is 58.4 Å². The Labute approximate surface area is 183 Å². The van der Waals surface area contributed by atoms with Crippen molar-refractivity contribution in [2.45, 2.75) is 50.3 Å². The number of aromatic nitrogens is 1. The van der Waals surface area contributed by atoms with Crippen molar-refractivity contribution in [2.24, 2.45) is 0 Å². The number of aryl methyl sites for hydroxylation is 1. The first-order valence-electron chi connectivity index (χ1n) is 11.0. The van der Waals surface area contributed by atoms with Crippen LogP contribution in [0.25, 0.3) is 16.5 Å². The first-order valence-corrected chi connectivity index (χ1v) is 12.9. The SMILES string of the molecule is CCCCSc1ccc2c(CCCCN3CC=C(c4cccs4)CC3)c[nH]c2c1. The normalized spacial score (nSPS) is 15.1. The maximum absolute atomic E-state index is 3.50. The molecule has 4 heteroatoms. The molecule has 3 heterocycles. The predicted molar refractivity (Wildman–Crippen MR) is 130 cm³/mol. The van der Waals surface area contributed by atoms with E-state index < -0.39 is 0 Å². The molecule has 0 atom stereocenters. The lowest BCUT2D eigenvalue weighted by molar-refractivity contribution is 0.295. The third kappa shape index (κ3) is 5.56. The van der Waals surface area contributed by atoms with Gasteiger partial charge < -0.3 is 4.98 Å². The second-order valence-corrected chi connectivity index (χ2v) is 10.1. The van der Waals surface area contributed by atoms with E-state index in [2.05, 4.69) is 64.8 Å². The van der Waals surface area contributed by atoms with E-state index in [1.807, 2.05) is 23.1 Å². The summed E-state index contributed by atoms with van der Waals surface area (Å²) in [6.07, 6.45) is 12.1. The number of unbranched alkanes of at least 4 members (excludes halogenated alkanes) is 2. The fourth-order valence-electron chi connectivity index (χ4n) is 4.05. The summed E-state index contributed by atoms with van der Waals surface area (Å²) >= 11 is 3.84. The van der Waals surface area contributed by atoms with Gasteiger partial charge in [-0.2, -0.15) is 0 Å². The van der Waals surface area contributed by atoms with Gasteiger partial charge in [0.2, 0.25) is 0 Å². The Kier molecular flexibility index (Phi) is 7.53. The molecule has 0 fully saturated rings. The van der Waals surface area contributed by atoms with Crippen LogP contribution < -0.4 is 0 Å². The number of thioether (sulfide) groups is 1. The Bertz CT molecular complexity index is 924. The predicted octanol–water partition coefficient (Wildman–Crippen LogP) is 7.23. The van der Waals surface area contributed by atoms with Crippen molar-refractivity contribution in [1.29, 1.82) is 0 Å². The van der Waals surface area contributed by atoms with E-state index in [0.29, 0.717) is 0 Å². The van der Waals surface area contributed by atoms with Crippen LogP contribution in [0.2, 0.25) is 0 Å². The Morgan fingerprint density at radius 2 is 2.14 bits per heavy atom. The van der Waals surface area contributed by atoms with Gasteiger partial charge in [-0.1, -0.05) is 31.6 Å². The molecule has 2 nitrogen and oxygen atoms in total. The molecule has 2 aromatic heterocycles. The highest BCUT2D eigenvalue weighted by Crippen LogP contribution is 2.28. The third-order valence-electron chi connectivity index (χ3n) is 5.81. The molecular weight excluding hydrogens is 392 g/mol. The van der Waals surface area contributed by atoms with Gasteiger partial charge in [0, 0.05) is 40.0 Å².